The average Bonchev–Trinajstić information content (AvgIpc) is 2.59. The monoisotopic (exact) mass is 409 g/mol. The maximum absolute atomic E-state index is 12.1. The van der Waals surface area contributed by atoms with Gasteiger partial charge < -0.3 is 4.74 Å². The first-order chi connectivity index (χ1) is 11.4. The summed E-state index contributed by atoms with van der Waals surface area (Å²) in [5.41, 5.74) is 2.53. The molecule has 2 N–H and O–H groups in total. The molecular weight excluding hydrogens is 398 g/mol. The Hall–Kier alpha value is -2.41. The molecule has 1 amide bonds. The SMILES string of the molecule is N#Cc1ccc(OCC(=O)NNS(=O)(=O)c2ccccc2Br)cc1. The second-order valence-electron chi connectivity index (χ2n) is 4.51. The van der Waals surface area contributed by atoms with E-state index in [-0.39, 0.29) is 11.5 Å². The van der Waals surface area contributed by atoms with Crippen LogP contribution in [0.5, 0.6) is 5.75 Å². The van der Waals surface area contributed by atoms with Crippen molar-refractivity contribution in [1.82, 2.24) is 10.3 Å². The van der Waals surface area contributed by atoms with Crippen LogP contribution in [0.1, 0.15) is 5.56 Å². The van der Waals surface area contributed by atoms with Crippen LogP contribution >= 0.6 is 15.9 Å². The molecule has 0 saturated carbocycles. The van der Waals surface area contributed by atoms with Gasteiger partial charge in [-0.05, 0) is 52.3 Å². The van der Waals surface area contributed by atoms with Crippen LogP contribution in [0.15, 0.2) is 57.9 Å². The summed E-state index contributed by atoms with van der Waals surface area (Å²) in [7, 11) is -3.90. The molecule has 0 spiro atoms. The van der Waals surface area contributed by atoms with Crippen molar-refractivity contribution in [3.8, 4) is 11.8 Å². The number of benzene rings is 2. The van der Waals surface area contributed by atoms with E-state index in [2.05, 4.69) is 21.4 Å². The lowest BCUT2D eigenvalue weighted by Crippen LogP contribution is -2.43. The average molecular weight is 410 g/mol. The minimum atomic E-state index is -3.90. The van der Waals surface area contributed by atoms with Gasteiger partial charge in [0.2, 0.25) is 0 Å². The number of rotatable bonds is 6. The van der Waals surface area contributed by atoms with Crippen molar-refractivity contribution >= 4 is 31.9 Å². The lowest BCUT2D eigenvalue weighted by molar-refractivity contribution is -0.123. The summed E-state index contributed by atoms with van der Waals surface area (Å²) in [4.78, 5) is 13.7. The summed E-state index contributed by atoms with van der Waals surface area (Å²) in [6, 6.07) is 14.3. The molecule has 0 aliphatic heterocycles. The van der Waals surface area contributed by atoms with E-state index < -0.39 is 15.9 Å². The Morgan fingerprint density at radius 2 is 1.83 bits per heavy atom. The van der Waals surface area contributed by atoms with Crippen molar-refractivity contribution in [1.29, 1.82) is 5.26 Å². The molecule has 9 heteroatoms. The highest BCUT2D eigenvalue weighted by atomic mass is 79.9. The van der Waals surface area contributed by atoms with Crippen LogP contribution in [0.2, 0.25) is 0 Å². The molecule has 2 rings (SSSR count). The van der Waals surface area contributed by atoms with Crippen molar-refractivity contribution < 1.29 is 17.9 Å². The van der Waals surface area contributed by atoms with E-state index in [0.717, 1.165) is 0 Å². The second kappa shape index (κ2) is 7.92. The first kappa shape index (κ1) is 17.9. The van der Waals surface area contributed by atoms with Gasteiger partial charge in [0.25, 0.3) is 15.9 Å². The van der Waals surface area contributed by atoms with Crippen LogP contribution in [0.4, 0.5) is 0 Å². The van der Waals surface area contributed by atoms with Crippen LogP contribution in [0.3, 0.4) is 0 Å². The largest absolute Gasteiger partial charge is 0.484 e. The zero-order valence-corrected chi connectivity index (χ0v) is 14.6. The Kier molecular flexibility index (Phi) is 5.92. The number of nitrogens with zero attached hydrogens (tertiary/aromatic N) is 1. The van der Waals surface area contributed by atoms with E-state index in [9.17, 15) is 13.2 Å². The number of hydrazine groups is 1. The molecule has 0 heterocycles. The number of hydrogen-bond acceptors (Lipinski definition) is 5. The Morgan fingerprint density at radius 1 is 1.17 bits per heavy atom. The van der Waals surface area contributed by atoms with Crippen molar-refractivity contribution in [3.05, 3.63) is 58.6 Å². The van der Waals surface area contributed by atoms with E-state index in [0.29, 0.717) is 15.8 Å². The fraction of sp³-hybridized carbons (Fsp3) is 0.0667. The molecule has 2 aromatic rings. The number of nitriles is 1. The minimum absolute atomic E-state index is 0.00156. The van der Waals surface area contributed by atoms with Crippen LogP contribution in [0.25, 0.3) is 0 Å². The topological polar surface area (TPSA) is 108 Å². The van der Waals surface area contributed by atoms with Gasteiger partial charge in [-0.2, -0.15) is 5.26 Å². The van der Waals surface area contributed by atoms with Crippen LogP contribution in [-0.4, -0.2) is 20.9 Å². The van der Waals surface area contributed by atoms with Gasteiger partial charge in [0.1, 0.15) is 5.75 Å². The number of carbonyl (C=O) groups is 1. The third-order valence-electron chi connectivity index (χ3n) is 2.80. The zero-order chi connectivity index (χ0) is 17.6. The van der Waals surface area contributed by atoms with Crippen LogP contribution in [-0.2, 0) is 14.8 Å². The normalized spacial score (nSPS) is 10.7. The quantitative estimate of drug-likeness (QED) is 0.705. The fourth-order valence-electron chi connectivity index (χ4n) is 1.65. The molecule has 0 atom stereocenters. The molecule has 0 bridgehead atoms. The lowest BCUT2D eigenvalue weighted by atomic mass is 10.2. The number of sulfonamides is 1. The highest BCUT2D eigenvalue weighted by Crippen LogP contribution is 2.20. The third kappa shape index (κ3) is 4.79. The molecule has 124 valence electrons. The predicted molar refractivity (Wildman–Crippen MR) is 89.3 cm³/mol. The number of hydrogen-bond donors (Lipinski definition) is 2. The Labute approximate surface area is 147 Å². The van der Waals surface area contributed by atoms with Crippen molar-refractivity contribution in [2.45, 2.75) is 4.90 Å². The van der Waals surface area contributed by atoms with E-state index in [1.165, 1.54) is 18.2 Å². The molecule has 0 aliphatic carbocycles. The molecule has 0 radical (unpaired) electrons. The molecule has 0 fully saturated rings. The first-order valence-corrected chi connectivity index (χ1v) is 8.88. The summed E-state index contributed by atoms with van der Waals surface area (Å²) >= 11 is 3.13. The Morgan fingerprint density at radius 3 is 2.46 bits per heavy atom. The summed E-state index contributed by atoms with van der Waals surface area (Å²) in [5, 5.41) is 8.68. The van der Waals surface area contributed by atoms with Crippen molar-refractivity contribution in [2.75, 3.05) is 6.61 Å². The van der Waals surface area contributed by atoms with Crippen LogP contribution < -0.4 is 15.0 Å². The molecule has 0 saturated heterocycles. The number of carbonyl (C=O) groups excluding carboxylic acids is 1. The Balaban J connectivity index is 1.88. The summed E-state index contributed by atoms with van der Waals surface area (Å²) < 4.78 is 29.7. The smallest absolute Gasteiger partial charge is 0.272 e. The highest BCUT2D eigenvalue weighted by molar-refractivity contribution is 9.10. The van der Waals surface area contributed by atoms with Gasteiger partial charge in [-0.25, -0.2) is 8.42 Å². The van der Waals surface area contributed by atoms with Crippen LogP contribution in [0, 0.1) is 11.3 Å². The summed E-state index contributed by atoms with van der Waals surface area (Å²) in [6.07, 6.45) is 0. The highest BCUT2D eigenvalue weighted by Gasteiger charge is 2.17. The maximum Gasteiger partial charge on any atom is 0.272 e. The standard InChI is InChI=1S/C15H12BrN3O4S/c16-13-3-1-2-4-14(13)24(21,22)19-18-15(20)10-23-12-7-5-11(9-17)6-8-12/h1-8,19H,10H2,(H,18,20). The van der Waals surface area contributed by atoms with Gasteiger partial charge in [-0.3, -0.25) is 10.2 Å². The molecule has 0 aromatic heterocycles. The summed E-state index contributed by atoms with van der Waals surface area (Å²) in [6.45, 7) is -0.385. The first-order valence-electron chi connectivity index (χ1n) is 6.60. The number of ether oxygens (including phenoxy) is 1. The van der Waals surface area contributed by atoms with Gasteiger partial charge in [-0.1, -0.05) is 12.1 Å². The van der Waals surface area contributed by atoms with E-state index in [1.807, 2.05) is 10.9 Å². The van der Waals surface area contributed by atoms with Gasteiger partial charge >= 0.3 is 0 Å². The van der Waals surface area contributed by atoms with Crippen molar-refractivity contribution in [3.63, 3.8) is 0 Å². The second-order valence-corrected chi connectivity index (χ2v) is 7.01. The molecule has 24 heavy (non-hydrogen) atoms. The van der Waals surface area contributed by atoms with Crippen molar-refractivity contribution in [2.24, 2.45) is 0 Å². The molecule has 0 aliphatic rings. The third-order valence-corrected chi connectivity index (χ3v) is 5.06. The lowest BCUT2D eigenvalue weighted by Gasteiger charge is -2.10. The molecule has 7 nitrogen and oxygen atoms in total. The van der Waals surface area contributed by atoms with Gasteiger partial charge in [-0.15, -0.1) is 4.83 Å². The van der Waals surface area contributed by atoms with Gasteiger partial charge in [0, 0.05) is 4.47 Å². The van der Waals surface area contributed by atoms with E-state index >= 15 is 0 Å². The fourth-order valence-corrected chi connectivity index (χ4v) is 3.52. The van der Waals surface area contributed by atoms with Gasteiger partial charge in [0.15, 0.2) is 6.61 Å². The predicted octanol–water partition coefficient (Wildman–Crippen LogP) is 1.71. The molecular formula is C15H12BrN3O4S. The van der Waals surface area contributed by atoms with E-state index in [1.54, 1.807) is 30.3 Å². The van der Waals surface area contributed by atoms with E-state index in [4.69, 9.17) is 10.00 Å². The number of nitrogens with one attached hydrogen (secondary N) is 2. The molecule has 0 unspecified atom stereocenters. The Bertz CT molecular complexity index is 876. The maximum atomic E-state index is 12.1. The minimum Gasteiger partial charge on any atom is -0.484 e. The van der Waals surface area contributed by atoms with Gasteiger partial charge in [0.05, 0.1) is 16.5 Å². The number of halogens is 1. The number of amides is 1. The summed E-state index contributed by atoms with van der Waals surface area (Å²) in [5.74, 6) is -0.284. The molecule has 2 aromatic carbocycles. The zero-order valence-electron chi connectivity index (χ0n) is 12.2.